The maximum atomic E-state index is 10.7. The van der Waals surface area contributed by atoms with E-state index in [-0.39, 0.29) is 14.9 Å². The Bertz CT molecular complexity index is 401. The molecule has 0 saturated carbocycles. The van der Waals surface area contributed by atoms with Gasteiger partial charge in [0.25, 0.3) is 0 Å². The zero-order valence-electron chi connectivity index (χ0n) is 7.68. The Balaban J connectivity index is 3.03. The molecule has 0 heterocycles. The van der Waals surface area contributed by atoms with E-state index in [0.29, 0.717) is 11.8 Å². The highest BCUT2D eigenvalue weighted by molar-refractivity contribution is 8.01. The zero-order valence-corrected chi connectivity index (χ0v) is 10.0. The van der Waals surface area contributed by atoms with Crippen molar-refractivity contribution in [1.29, 1.82) is 0 Å². The van der Waals surface area contributed by atoms with Crippen LogP contribution in [0, 0.1) is 0 Å². The van der Waals surface area contributed by atoms with E-state index in [1.807, 2.05) is 0 Å². The summed E-state index contributed by atoms with van der Waals surface area (Å²) >= 11 is 12.2. The molecule has 7 heteroatoms. The highest BCUT2D eigenvalue weighted by atomic mass is 35.5. The van der Waals surface area contributed by atoms with Crippen molar-refractivity contribution in [2.45, 2.75) is 10.1 Å². The molecule has 0 atom stereocenters. The fourth-order valence-corrected chi connectivity index (χ4v) is 2.38. The van der Waals surface area contributed by atoms with Gasteiger partial charge in [0.15, 0.2) is 0 Å². The lowest BCUT2D eigenvalue weighted by Gasteiger charge is -2.09. The third-order valence-corrected chi connectivity index (χ3v) is 3.77. The van der Waals surface area contributed by atoms with Crippen LogP contribution in [0.5, 0.6) is 0 Å². The quantitative estimate of drug-likeness (QED) is 0.655. The molecule has 16 heavy (non-hydrogen) atoms. The molecule has 0 aliphatic carbocycles. The van der Waals surface area contributed by atoms with Crippen LogP contribution in [-0.2, 0) is 9.59 Å². The Morgan fingerprint density at radius 1 is 1.12 bits per heavy atom. The molecule has 0 spiro atoms. The number of carbonyl (C=O) groups is 2. The molecule has 2 N–H and O–H groups in total. The lowest BCUT2D eigenvalue weighted by Crippen LogP contribution is -2.26. The number of hydrogen-bond donors (Lipinski definition) is 2. The average molecular weight is 281 g/mol. The van der Waals surface area contributed by atoms with E-state index >= 15 is 0 Å². The largest absolute Gasteiger partial charge is 0.480 e. The van der Waals surface area contributed by atoms with Crippen LogP contribution in [-0.4, -0.2) is 27.4 Å². The molecule has 0 aliphatic rings. The second-order valence-corrected chi connectivity index (χ2v) is 4.65. The Morgan fingerprint density at radius 3 is 1.94 bits per heavy atom. The molecule has 0 radical (unpaired) electrons. The van der Waals surface area contributed by atoms with Crippen LogP contribution >= 0.6 is 35.0 Å². The summed E-state index contributed by atoms with van der Waals surface area (Å²) in [5, 5.41) is 16.2. The summed E-state index contributed by atoms with van der Waals surface area (Å²) in [6.45, 7) is 0. The molecular formula is C9H6Cl2O4S. The predicted molar refractivity (Wildman–Crippen MR) is 61.4 cm³/mol. The summed E-state index contributed by atoms with van der Waals surface area (Å²) in [7, 11) is 0. The van der Waals surface area contributed by atoms with Gasteiger partial charge in [-0.05, 0) is 12.1 Å². The van der Waals surface area contributed by atoms with Crippen LogP contribution in [0.2, 0.25) is 10.0 Å². The minimum atomic E-state index is -1.63. The number of rotatable bonds is 4. The van der Waals surface area contributed by atoms with E-state index in [0.717, 1.165) is 0 Å². The summed E-state index contributed by atoms with van der Waals surface area (Å²) < 4.78 is 0. The van der Waals surface area contributed by atoms with Crippen molar-refractivity contribution < 1.29 is 19.8 Å². The Kier molecular flexibility index (Phi) is 4.46. The average Bonchev–Trinajstić information content (AvgIpc) is 2.15. The molecule has 86 valence electrons. The van der Waals surface area contributed by atoms with E-state index in [9.17, 15) is 9.59 Å². The van der Waals surface area contributed by atoms with Crippen LogP contribution in [0.3, 0.4) is 0 Å². The SMILES string of the molecule is O=C(O)C(Sc1c(Cl)cccc1Cl)C(=O)O. The molecule has 0 aromatic heterocycles. The fourth-order valence-electron chi connectivity index (χ4n) is 0.919. The second-order valence-electron chi connectivity index (χ2n) is 2.73. The van der Waals surface area contributed by atoms with Gasteiger partial charge in [0.1, 0.15) is 0 Å². The summed E-state index contributed by atoms with van der Waals surface area (Å²) in [6, 6.07) is 4.61. The van der Waals surface area contributed by atoms with Crippen LogP contribution in [0.25, 0.3) is 0 Å². The van der Waals surface area contributed by atoms with E-state index in [4.69, 9.17) is 33.4 Å². The van der Waals surface area contributed by atoms with Gasteiger partial charge in [-0.2, -0.15) is 0 Å². The topological polar surface area (TPSA) is 74.6 Å². The molecule has 1 rings (SSSR count). The maximum Gasteiger partial charge on any atom is 0.328 e. The Hall–Kier alpha value is -0.910. The molecule has 1 aromatic rings. The van der Waals surface area contributed by atoms with Crippen LogP contribution in [0.1, 0.15) is 0 Å². The molecule has 0 aliphatic heterocycles. The van der Waals surface area contributed by atoms with Gasteiger partial charge in [-0.1, -0.05) is 41.0 Å². The predicted octanol–water partition coefficient (Wildman–Crippen LogP) is 2.62. The van der Waals surface area contributed by atoms with E-state index in [1.165, 1.54) is 12.1 Å². The minimum Gasteiger partial charge on any atom is -0.480 e. The molecule has 1 aromatic carbocycles. The molecule has 0 bridgehead atoms. The van der Waals surface area contributed by atoms with E-state index in [2.05, 4.69) is 0 Å². The first-order valence-corrected chi connectivity index (χ1v) is 5.63. The lowest BCUT2D eigenvalue weighted by atomic mass is 10.4. The highest BCUT2D eigenvalue weighted by Gasteiger charge is 2.28. The van der Waals surface area contributed by atoms with Crippen molar-refractivity contribution in [1.82, 2.24) is 0 Å². The molecule has 4 nitrogen and oxygen atoms in total. The van der Waals surface area contributed by atoms with Gasteiger partial charge in [0, 0.05) is 4.90 Å². The molecule has 0 saturated heterocycles. The number of carboxylic acid groups (broad SMARTS) is 2. The lowest BCUT2D eigenvalue weighted by molar-refractivity contribution is -0.146. The van der Waals surface area contributed by atoms with Gasteiger partial charge in [-0.3, -0.25) is 9.59 Å². The van der Waals surface area contributed by atoms with Crippen molar-refractivity contribution in [3.05, 3.63) is 28.2 Å². The number of hydrogen-bond acceptors (Lipinski definition) is 3. The zero-order chi connectivity index (χ0) is 12.3. The number of carboxylic acids is 2. The van der Waals surface area contributed by atoms with E-state index in [1.54, 1.807) is 6.07 Å². The van der Waals surface area contributed by atoms with Gasteiger partial charge in [0.05, 0.1) is 10.0 Å². The smallest absolute Gasteiger partial charge is 0.328 e. The van der Waals surface area contributed by atoms with Gasteiger partial charge < -0.3 is 10.2 Å². The van der Waals surface area contributed by atoms with Crippen LogP contribution in [0.4, 0.5) is 0 Å². The number of halogens is 2. The summed E-state index contributed by atoms with van der Waals surface area (Å²) in [5.41, 5.74) is 0. The van der Waals surface area contributed by atoms with Crippen molar-refractivity contribution in [3.8, 4) is 0 Å². The minimum absolute atomic E-state index is 0.227. The first-order valence-electron chi connectivity index (χ1n) is 3.99. The second kappa shape index (κ2) is 5.43. The highest BCUT2D eigenvalue weighted by Crippen LogP contribution is 2.36. The number of benzene rings is 1. The molecular weight excluding hydrogens is 275 g/mol. The monoisotopic (exact) mass is 280 g/mol. The Morgan fingerprint density at radius 2 is 1.56 bits per heavy atom. The number of thioether (sulfide) groups is 1. The molecule has 0 unspecified atom stereocenters. The molecule has 0 fully saturated rings. The third kappa shape index (κ3) is 3.04. The van der Waals surface area contributed by atoms with Gasteiger partial charge in [-0.15, -0.1) is 0 Å². The van der Waals surface area contributed by atoms with E-state index < -0.39 is 17.2 Å². The summed E-state index contributed by atoms with van der Waals surface area (Å²) in [6.07, 6.45) is 0. The van der Waals surface area contributed by atoms with Crippen molar-refractivity contribution in [2.75, 3.05) is 0 Å². The maximum absolute atomic E-state index is 10.7. The van der Waals surface area contributed by atoms with Crippen LogP contribution in [0.15, 0.2) is 23.1 Å². The fraction of sp³-hybridized carbons (Fsp3) is 0.111. The summed E-state index contributed by atoms with van der Waals surface area (Å²) in [5.74, 6) is -2.90. The normalized spacial score (nSPS) is 10.4. The number of aliphatic carboxylic acids is 2. The first-order chi connectivity index (χ1) is 7.43. The van der Waals surface area contributed by atoms with Gasteiger partial charge >= 0.3 is 11.9 Å². The third-order valence-electron chi connectivity index (χ3n) is 1.60. The van der Waals surface area contributed by atoms with Crippen molar-refractivity contribution >= 4 is 46.9 Å². The summed E-state index contributed by atoms with van der Waals surface area (Å²) in [4.78, 5) is 21.6. The van der Waals surface area contributed by atoms with Crippen LogP contribution < -0.4 is 0 Å². The Labute approximate surface area is 105 Å². The first kappa shape index (κ1) is 13.2. The molecule has 0 amide bonds. The van der Waals surface area contributed by atoms with Gasteiger partial charge in [-0.25, -0.2) is 0 Å². The van der Waals surface area contributed by atoms with Crippen molar-refractivity contribution in [2.24, 2.45) is 0 Å². The standard InChI is InChI=1S/C9H6Cl2O4S/c10-4-2-1-3-5(11)6(4)16-7(8(12)13)9(14)15/h1-3,7H,(H,12,13)(H,14,15). The van der Waals surface area contributed by atoms with Gasteiger partial charge in [0.2, 0.25) is 5.25 Å². The van der Waals surface area contributed by atoms with Crippen molar-refractivity contribution in [3.63, 3.8) is 0 Å².